The molecule has 1 N–H and O–H groups in total. The number of halogens is 4. The highest BCUT2D eigenvalue weighted by Crippen LogP contribution is 2.37. The molecule has 32 heavy (non-hydrogen) atoms. The number of aromatic nitrogens is 1. The molecule has 1 aromatic heterocycles. The number of ether oxygens (including phenoxy) is 1. The van der Waals surface area contributed by atoms with Crippen LogP contribution in [0.15, 0.2) is 36.4 Å². The summed E-state index contributed by atoms with van der Waals surface area (Å²) in [6.07, 6.45) is -5.16. The zero-order chi connectivity index (χ0) is 22.9. The van der Waals surface area contributed by atoms with Gasteiger partial charge in [0.15, 0.2) is 0 Å². The molecule has 1 unspecified atom stereocenters. The standard InChI is InChI=1S/C22H23ClF3N3O2S/c1-14-27-20-11-17(3-5-21(20)32-14)31-13-16(30)12-28-6-8-29(9-7-28)15-2-4-19(23)18(10-15)22(24,25)26/h2-5,10-11,16,30H,6-9,12-13H2,1H3. The molecule has 0 spiro atoms. The summed E-state index contributed by atoms with van der Waals surface area (Å²) in [6.45, 7) is 4.92. The number of aliphatic hydroxyl groups excluding tert-OH is 1. The zero-order valence-corrected chi connectivity index (χ0v) is 19.0. The van der Waals surface area contributed by atoms with E-state index in [1.54, 1.807) is 17.4 Å². The number of nitrogens with zero attached hydrogens (tertiary/aromatic N) is 3. The van der Waals surface area contributed by atoms with E-state index in [2.05, 4.69) is 9.88 Å². The van der Waals surface area contributed by atoms with Crippen LogP contribution in [0, 0.1) is 6.92 Å². The Balaban J connectivity index is 1.27. The van der Waals surface area contributed by atoms with Gasteiger partial charge in [-0.05, 0) is 37.3 Å². The van der Waals surface area contributed by atoms with E-state index >= 15 is 0 Å². The Bertz CT molecular complexity index is 1080. The fourth-order valence-electron chi connectivity index (χ4n) is 3.77. The Morgan fingerprint density at radius 1 is 1.16 bits per heavy atom. The third kappa shape index (κ3) is 5.46. The SMILES string of the molecule is Cc1nc2cc(OCC(O)CN3CCN(c4ccc(Cl)c(C(F)(F)F)c4)CC3)ccc2s1. The highest BCUT2D eigenvalue weighted by Gasteiger charge is 2.34. The Kier molecular flexibility index (Phi) is 6.80. The molecule has 5 nitrogen and oxygen atoms in total. The molecule has 0 bridgehead atoms. The molecule has 0 saturated carbocycles. The number of anilines is 1. The third-order valence-corrected chi connectivity index (χ3v) is 6.65. The molecule has 1 saturated heterocycles. The van der Waals surface area contributed by atoms with Crippen molar-refractivity contribution in [2.75, 3.05) is 44.2 Å². The first-order valence-electron chi connectivity index (χ1n) is 10.2. The lowest BCUT2D eigenvalue weighted by Crippen LogP contribution is -2.49. The number of alkyl halides is 3. The van der Waals surface area contributed by atoms with Gasteiger partial charge >= 0.3 is 6.18 Å². The lowest BCUT2D eigenvalue weighted by atomic mass is 10.1. The van der Waals surface area contributed by atoms with Crippen LogP contribution in [-0.4, -0.2) is 60.4 Å². The lowest BCUT2D eigenvalue weighted by molar-refractivity contribution is -0.137. The van der Waals surface area contributed by atoms with Crippen LogP contribution in [0.3, 0.4) is 0 Å². The average molecular weight is 486 g/mol. The molecule has 0 aliphatic carbocycles. The third-order valence-electron chi connectivity index (χ3n) is 5.37. The van der Waals surface area contributed by atoms with Gasteiger partial charge in [0, 0.05) is 44.5 Å². The van der Waals surface area contributed by atoms with E-state index in [4.69, 9.17) is 16.3 Å². The summed E-state index contributed by atoms with van der Waals surface area (Å²) in [7, 11) is 0. The predicted octanol–water partition coefficient (Wildman–Crippen LogP) is 4.84. The number of benzene rings is 2. The fraction of sp³-hybridized carbons (Fsp3) is 0.409. The summed E-state index contributed by atoms with van der Waals surface area (Å²) in [4.78, 5) is 8.42. The molecule has 0 radical (unpaired) electrons. The quantitative estimate of drug-likeness (QED) is 0.541. The molecule has 0 amide bonds. The van der Waals surface area contributed by atoms with E-state index in [1.807, 2.05) is 30.0 Å². The van der Waals surface area contributed by atoms with E-state index in [0.29, 0.717) is 44.2 Å². The van der Waals surface area contributed by atoms with E-state index in [1.165, 1.54) is 6.07 Å². The number of aliphatic hydroxyl groups is 1. The number of rotatable bonds is 6. The summed E-state index contributed by atoms with van der Waals surface area (Å²) in [5.74, 6) is 0.662. The van der Waals surface area contributed by atoms with Crippen molar-refractivity contribution in [3.8, 4) is 5.75 Å². The average Bonchev–Trinajstić information content (AvgIpc) is 3.11. The Labute approximate surface area is 193 Å². The van der Waals surface area contributed by atoms with Gasteiger partial charge in [-0.3, -0.25) is 4.90 Å². The molecular weight excluding hydrogens is 463 g/mol. The van der Waals surface area contributed by atoms with Crippen molar-refractivity contribution in [2.45, 2.75) is 19.2 Å². The molecular formula is C22H23ClF3N3O2S. The first-order chi connectivity index (χ1) is 15.2. The highest BCUT2D eigenvalue weighted by atomic mass is 35.5. The Morgan fingerprint density at radius 3 is 2.62 bits per heavy atom. The van der Waals surface area contributed by atoms with Gasteiger partial charge in [0.05, 0.1) is 25.8 Å². The van der Waals surface area contributed by atoms with Crippen molar-refractivity contribution in [3.63, 3.8) is 0 Å². The van der Waals surface area contributed by atoms with Crippen LogP contribution in [0.5, 0.6) is 5.75 Å². The minimum atomic E-state index is -4.48. The van der Waals surface area contributed by atoms with Crippen LogP contribution in [0.4, 0.5) is 18.9 Å². The van der Waals surface area contributed by atoms with Crippen molar-refractivity contribution in [1.29, 1.82) is 0 Å². The summed E-state index contributed by atoms with van der Waals surface area (Å²) < 4.78 is 46.2. The van der Waals surface area contributed by atoms with E-state index in [-0.39, 0.29) is 11.6 Å². The normalized spacial score (nSPS) is 16.5. The maximum absolute atomic E-state index is 13.1. The largest absolute Gasteiger partial charge is 0.491 e. The molecule has 172 valence electrons. The molecule has 2 aromatic carbocycles. The smallest absolute Gasteiger partial charge is 0.417 e. The predicted molar refractivity (Wildman–Crippen MR) is 121 cm³/mol. The molecule has 1 aliphatic heterocycles. The van der Waals surface area contributed by atoms with Gasteiger partial charge in [0.25, 0.3) is 0 Å². The summed E-state index contributed by atoms with van der Waals surface area (Å²) >= 11 is 7.34. The van der Waals surface area contributed by atoms with Crippen molar-refractivity contribution in [1.82, 2.24) is 9.88 Å². The number of aryl methyl sites for hydroxylation is 1. The number of piperazine rings is 1. The van der Waals surface area contributed by atoms with Crippen LogP contribution >= 0.6 is 22.9 Å². The summed E-state index contributed by atoms with van der Waals surface area (Å²) in [6, 6.07) is 9.69. The first kappa shape index (κ1) is 23.1. The first-order valence-corrected chi connectivity index (χ1v) is 11.4. The van der Waals surface area contributed by atoms with Crippen LogP contribution in [0.2, 0.25) is 5.02 Å². The minimum Gasteiger partial charge on any atom is -0.491 e. The molecule has 2 heterocycles. The van der Waals surface area contributed by atoms with Gasteiger partial charge in [-0.25, -0.2) is 4.98 Å². The second-order valence-electron chi connectivity index (χ2n) is 7.78. The second kappa shape index (κ2) is 9.43. The maximum Gasteiger partial charge on any atom is 0.417 e. The van der Waals surface area contributed by atoms with Gasteiger partial charge in [0.1, 0.15) is 18.5 Å². The van der Waals surface area contributed by atoms with Gasteiger partial charge in [-0.1, -0.05) is 11.6 Å². The molecule has 1 fully saturated rings. The van der Waals surface area contributed by atoms with Crippen LogP contribution in [-0.2, 0) is 6.18 Å². The Morgan fingerprint density at radius 2 is 1.91 bits per heavy atom. The van der Waals surface area contributed by atoms with E-state index in [0.717, 1.165) is 21.3 Å². The molecule has 4 rings (SSSR count). The maximum atomic E-state index is 13.1. The molecule has 3 aromatic rings. The monoisotopic (exact) mass is 485 g/mol. The topological polar surface area (TPSA) is 48.8 Å². The summed E-state index contributed by atoms with van der Waals surface area (Å²) in [5.41, 5.74) is 0.557. The van der Waals surface area contributed by atoms with E-state index in [9.17, 15) is 18.3 Å². The zero-order valence-electron chi connectivity index (χ0n) is 17.4. The highest BCUT2D eigenvalue weighted by molar-refractivity contribution is 7.18. The van der Waals surface area contributed by atoms with Crippen molar-refractivity contribution in [3.05, 3.63) is 52.0 Å². The van der Waals surface area contributed by atoms with Gasteiger partial charge in [-0.2, -0.15) is 13.2 Å². The van der Waals surface area contributed by atoms with E-state index < -0.39 is 17.8 Å². The van der Waals surface area contributed by atoms with Crippen molar-refractivity contribution >= 4 is 38.8 Å². The van der Waals surface area contributed by atoms with Gasteiger partial charge < -0.3 is 14.7 Å². The minimum absolute atomic E-state index is 0.154. The fourth-order valence-corrected chi connectivity index (χ4v) is 4.80. The number of hydrogen-bond donors (Lipinski definition) is 1. The number of fused-ring (bicyclic) bond motifs is 1. The molecule has 1 aliphatic rings. The van der Waals surface area contributed by atoms with Gasteiger partial charge in [-0.15, -0.1) is 11.3 Å². The molecule has 10 heteroatoms. The van der Waals surface area contributed by atoms with Crippen LogP contribution < -0.4 is 9.64 Å². The number of hydrogen-bond acceptors (Lipinski definition) is 6. The Hall–Kier alpha value is -2.07. The second-order valence-corrected chi connectivity index (χ2v) is 9.42. The summed E-state index contributed by atoms with van der Waals surface area (Å²) in [5, 5.41) is 11.1. The number of β-amino-alcohol motifs (C(OH)–C–C–N with tert-alkyl or cyclic N) is 1. The van der Waals surface area contributed by atoms with Gasteiger partial charge in [0.2, 0.25) is 0 Å². The number of thiazole rings is 1. The van der Waals surface area contributed by atoms with Crippen molar-refractivity contribution in [2.24, 2.45) is 0 Å². The van der Waals surface area contributed by atoms with Crippen molar-refractivity contribution < 1.29 is 23.0 Å². The lowest BCUT2D eigenvalue weighted by Gasteiger charge is -2.37. The van der Waals surface area contributed by atoms with Crippen LogP contribution in [0.25, 0.3) is 10.2 Å². The molecule has 1 atom stereocenters. The van der Waals surface area contributed by atoms with Crippen LogP contribution in [0.1, 0.15) is 10.6 Å².